The number of hydrogen-bond donors (Lipinski definition) is 0. The van der Waals surface area contributed by atoms with Crippen molar-refractivity contribution in [2.75, 3.05) is 6.61 Å². The molecule has 4 fully saturated rings. The van der Waals surface area contributed by atoms with Crippen molar-refractivity contribution in [1.29, 1.82) is 0 Å². The average molecular weight is 675 g/mol. The third kappa shape index (κ3) is 5.55. The van der Waals surface area contributed by atoms with Gasteiger partial charge in [-0.15, -0.1) is 0 Å². The molecular formula is C40H58O5Si2. The highest BCUT2D eigenvalue weighted by molar-refractivity contribution is 6.99. The van der Waals surface area contributed by atoms with Gasteiger partial charge in [-0.3, -0.25) is 4.79 Å². The van der Waals surface area contributed by atoms with Gasteiger partial charge in [-0.25, -0.2) is 4.79 Å². The fourth-order valence-corrected chi connectivity index (χ4v) is 17.9. The highest BCUT2D eigenvalue weighted by Gasteiger charge is 2.69. The van der Waals surface area contributed by atoms with Gasteiger partial charge in [0.05, 0.1) is 6.10 Å². The predicted molar refractivity (Wildman–Crippen MR) is 194 cm³/mol. The first-order valence-electron chi connectivity index (χ1n) is 18.2. The van der Waals surface area contributed by atoms with Crippen LogP contribution in [0.4, 0.5) is 0 Å². The van der Waals surface area contributed by atoms with Crippen molar-refractivity contribution in [3.05, 3.63) is 60.7 Å². The molecule has 1 saturated heterocycles. The largest absolute Gasteiger partial charge is 0.460 e. The van der Waals surface area contributed by atoms with Crippen LogP contribution in [0.2, 0.25) is 24.2 Å². The fraction of sp³-hybridized carbons (Fsp3) is 0.650. The molecule has 3 saturated carbocycles. The topological polar surface area (TPSA) is 61.8 Å². The number of ketones is 1. The highest BCUT2D eigenvalue weighted by Crippen LogP contribution is 2.69. The van der Waals surface area contributed by atoms with Crippen LogP contribution >= 0.6 is 0 Å². The molecule has 0 aromatic heterocycles. The third-order valence-electron chi connectivity index (χ3n) is 13.7. The van der Waals surface area contributed by atoms with Crippen LogP contribution in [0.15, 0.2) is 60.7 Å². The molecule has 0 spiro atoms. The van der Waals surface area contributed by atoms with Gasteiger partial charge < -0.3 is 13.6 Å². The molecule has 5 nitrogen and oxygen atoms in total. The van der Waals surface area contributed by atoms with Gasteiger partial charge in [-0.2, -0.15) is 0 Å². The molecule has 2 bridgehead atoms. The van der Waals surface area contributed by atoms with Crippen LogP contribution in [0.1, 0.15) is 87.0 Å². The Morgan fingerprint density at radius 2 is 1.55 bits per heavy atom. The maximum atomic E-state index is 14.3. The Morgan fingerprint density at radius 3 is 2.13 bits per heavy atom. The average Bonchev–Trinajstić information content (AvgIpc) is 3.38. The van der Waals surface area contributed by atoms with E-state index < -0.39 is 22.0 Å². The second kappa shape index (κ2) is 12.1. The molecular weight excluding hydrogens is 617 g/mol. The summed E-state index contributed by atoms with van der Waals surface area (Å²) in [4.78, 5) is 28.4. The molecule has 7 heteroatoms. The minimum Gasteiger partial charge on any atom is -0.460 e. The lowest BCUT2D eigenvalue weighted by Gasteiger charge is -2.64. The summed E-state index contributed by atoms with van der Waals surface area (Å²) >= 11 is 0. The minimum atomic E-state index is -2.93. The Bertz CT molecular complexity index is 1430. The van der Waals surface area contributed by atoms with Crippen LogP contribution in [0.3, 0.4) is 0 Å². The van der Waals surface area contributed by atoms with E-state index in [0.717, 1.165) is 48.5 Å². The summed E-state index contributed by atoms with van der Waals surface area (Å²) in [6, 6.07) is 22.0. The highest BCUT2D eigenvalue weighted by atomic mass is 28.4. The normalized spacial score (nSPS) is 36.9. The number of carbonyl (C=O) groups excluding carboxylic acids is 2. The quantitative estimate of drug-likeness (QED) is 0.230. The van der Waals surface area contributed by atoms with Gasteiger partial charge in [0.2, 0.25) is 0 Å². The first kappa shape index (κ1) is 34.8. The smallest absolute Gasteiger partial charge is 0.331 e. The Morgan fingerprint density at radius 1 is 0.957 bits per heavy atom. The molecule has 1 unspecified atom stereocenters. The summed E-state index contributed by atoms with van der Waals surface area (Å²) in [6.45, 7) is 20.6. The maximum absolute atomic E-state index is 14.3. The molecule has 256 valence electrons. The maximum Gasteiger partial charge on any atom is 0.331 e. The summed E-state index contributed by atoms with van der Waals surface area (Å²) in [5.41, 5.74) is -0.679. The Labute approximate surface area is 285 Å². The summed E-state index contributed by atoms with van der Waals surface area (Å²) < 4.78 is 21.0. The number of ether oxygens (including phenoxy) is 1. The van der Waals surface area contributed by atoms with E-state index in [1.807, 2.05) is 12.1 Å². The lowest BCUT2D eigenvalue weighted by atomic mass is 9.43. The lowest BCUT2D eigenvalue weighted by Crippen LogP contribution is -2.67. The van der Waals surface area contributed by atoms with Gasteiger partial charge in [0, 0.05) is 17.8 Å². The van der Waals surface area contributed by atoms with E-state index in [0.29, 0.717) is 12.2 Å². The summed E-state index contributed by atoms with van der Waals surface area (Å²) in [7, 11) is -4.77. The molecule has 0 amide bonds. The first-order valence-corrected chi connectivity index (χ1v) is 23.2. The molecule has 0 radical (unpaired) electrons. The first-order chi connectivity index (χ1) is 22.0. The molecule has 4 aliphatic rings. The zero-order valence-electron chi connectivity index (χ0n) is 30.4. The molecule has 47 heavy (non-hydrogen) atoms. The van der Waals surface area contributed by atoms with Crippen LogP contribution < -0.4 is 10.4 Å². The number of fused-ring (bicyclic) bond motifs is 1. The Hall–Kier alpha value is -2.07. The summed E-state index contributed by atoms with van der Waals surface area (Å²) in [5, 5.41) is 2.03. The predicted octanol–water partition coefficient (Wildman–Crippen LogP) is 7.92. The van der Waals surface area contributed by atoms with Gasteiger partial charge in [-0.05, 0) is 89.3 Å². The Balaban J connectivity index is 1.38. The van der Waals surface area contributed by atoms with Crippen molar-refractivity contribution in [2.45, 2.75) is 123 Å². The van der Waals surface area contributed by atoms with Gasteiger partial charge in [0.15, 0.2) is 8.32 Å². The van der Waals surface area contributed by atoms with Gasteiger partial charge >= 0.3 is 5.97 Å². The standard InChI is InChI=1S/C40H58O5Si2/c1-28-20-22-40-23-21-32(41)35(40)39(28,7)33(26-38(6)24-25-46(8,9)45-36(38)29(40)2)44-34(42)27-43-47(37(3,4)5,30-16-12-10-13-17-30)31-18-14-11-15-19-31/h10-19,28-29,33,35-36H,20-27H2,1-9H3/t28-,29+,33-,35?,36+,38+,39+,40+/m1/s1. The summed E-state index contributed by atoms with van der Waals surface area (Å²) in [5.74, 6) is 0.479. The van der Waals surface area contributed by atoms with E-state index in [9.17, 15) is 9.59 Å². The van der Waals surface area contributed by atoms with Crippen molar-refractivity contribution in [3.8, 4) is 0 Å². The van der Waals surface area contributed by atoms with Gasteiger partial charge in [0.1, 0.15) is 18.5 Å². The van der Waals surface area contributed by atoms with Crippen LogP contribution in [-0.4, -0.2) is 47.2 Å². The van der Waals surface area contributed by atoms with Crippen molar-refractivity contribution in [1.82, 2.24) is 0 Å². The van der Waals surface area contributed by atoms with Crippen LogP contribution in [0, 0.1) is 34.0 Å². The van der Waals surface area contributed by atoms with E-state index in [4.69, 9.17) is 13.6 Å². The van der Waals surface area contributed by atoms with Gasteiger partial charge in [0.25, 0.3) is 8.32 Å². The molecule has 2 aromatic rings. The molecule has 1 aliphatic heterocycles. The summed E-state index contributed by atoms with van der Waals surface area (Å²) in [6.07, 6.45) is 5.13. The zero-order chi connectivity index (χ0) is 34.0. The second-order valence-electron chi connectivity index (χ2n) is 17.8. The van der Waals surface area contributed by atoms with Crippen molar-refractivity contribution in [2.24, 2.45) is 34.0 Å². The number of rotatable bonds is 6. The van der Waals surface area contributed by atoms with Crippen LogP contribution in [0.5, 0.6) is 0 Å². The molecule has 0 N–H and O–H groups in total. The van der Waals surface area contributed by atoms with Crippen molar-refractivity contribution >= 4 is 38.8 Å². The van der Waals surface area contributed by atoms with E-state index >= 15 is 0 Å². The second-order valence-corrected chi connectivity index (χ2v) is 26.4. The number of hydrogen-bond acceptors (Lipinski definition) is 5. The van der Waals surface area contributed by atoms with Crippen LogP contribution in [-0.2, 0) is 23.2 Å². The van der Waals surface area contributed by atoms with Gasteiger partial charge in [-0.1, -0.05) is 109 Å². The molecule has 6 rings (SSSR count). The Kier molecular flexibility index (Phi) is 8.93. The number of Topliss-reactive ketones (excluding diaryl/α,β-unsaturated/α-hetero) is 1. The lowest BCUT2D eigenvalue weighted by molar-refractivity contribution is -0.213. The molecule has 3 aliphatic carbocycles. The molecule has 1 heterocycles. The number of esters is 1. The van der Waals surface area contributed by atoms with E-state index in [2.05, 4.69) is 110 Å². The monoisotopic (exact) mass is 674 g/mol. The number of benzene rings is 2. The van der Waals surface area contributed by atoms with Crippen molar-refractivity contribution in [3.63, 3.8) is 0 Å². The molecule has 2 aromatic carbocycles. The third-order valence-corrected chi connectivity index (χ3v) is 21.0. The number of carbonyl (C=O) groups is 2. The van der Waals surface area contributed by atoms with Crippen molar-refractivity contribution < 1.29 is 23.2 Å². The minimum absolute atomic E-state index is 0.0684. The zero-order valence-corrected chi connectivity index (χ0v) is 32.4. The van der Waals surface area contributed by atoms with Crippen LogP contribution in [0.25, 0.3) is 0 Å². The van der Waals surface area contributed by atoms with E-state index in [1.165, 1.54) is 0 Å². The van der Waals surface area contributed by atoms with E-state index in [1.54, 1.807) is 0 Å². The molecule has 8 atom stereocenters. The fourth-order valence-electron chi connectivity index (χ4n) is 10.9. The van der Waals surface area contributed by atoms with E-state index in [-0.39, 0.29) is 58.4 Å². The SMILES string of the molecule is C[C@@H]1CC[C@@]23CCC(=O)C2[C@]1(C)[C@H](OC(=O)CO[Si](c1ccccc1)(c1ccccc1)C(C)(C)C)C[C@]1(C)CC[Si](C)(C)O[C@H]1[C@@H]3C.